The Hall–Kier alpha value is -2.62. The van der Waals surface area contributed by atoms with Gasteiger partial charge in [-0.05, 0) is 37.5 Å². The van der Waals surface area contributed by atoms with Gasteiger partial charge in [-0.2, -0.15) is 5.10 Å². The molecule has 0 aliphatic heterocycles. The molecular formula is C23H27N3O. The lowest BCUT2D eigenvalue weighted by Crippen LogP contribution is -2.34. The molecule has 1 aliphatic carbocycles. The molecule has 1 N–H and O–H groups in total. The van der Waals surface area contributed by atoms with Gasteiger partial charge in [-0.15, -0.1) is 0 Å². The van der Waals surface area contributed by atoms with Gasteiger partial charge in [0.25, 0.3) is 5.91 Å². The molecule has 4 heteroatoms. The predicted molar refractivity (Wildman–Crippen MR) is 109 cm³/mol. The molecule has 4 rings (SSSR count). The van der Waals surface area contributed by atoms with Gasteiger partial charge in [-0.25, -0.2) is 0 Å². The Morgan fingerprint density at radius 1 is 1.07 bits per heavy atom. The van der Waals surface area contributed by atoms with Gasteiger partial charge in [-0.3, -0.25) is 9.48 Å². The van der Waals surface area contributed by atoms with Gasteiger partial charge in [0.05, 0.1) is 18.3 Å². The number of aryl methyl sites for hydroxylation is 1. The molecule has 0 saturated heterocycles. The third-order valence-corrected chi connectivity index (χ3v) is 5.55. The van der Waals surface area contributed by atoms with Crippen molar-refractivity contribution >= 4 is 16.8 Å². The minimum atomic E-state index is 0.0342. The van der Waals surface area contributed by atoms with Crippen LogP contribution < -0.4 is 5.32 Å². The molecule has 0 spiro atoms. The molecule has 1 aliphatic rings. The molecular weight excluding hydrogens is 334 g/mol. The van der Waals surface area contributed by atoms with E-state index in [1.165, 1.54) is 36.8 Å². The smallest absolute Gasteiger partial charge is 0.251 e. The second kappa shape index (κ2) is 7.95. The number of amides is 1. The van der Waals surface area contributed by atoms with Crippen LogP contribution in [0.5, 0.6) is 0 Å². The van der Waals surface area contributed by atoms with Crippen molar-refractivity contribution in [1.82, 2.24) is 15.1 Å². The Morgan fingerprint density at radius 2 is 1.81 bits per heavy atom. The summed E-state index contributed by atoms with van der Waals surface area (Å²) in [5.74, 6) is 0.0342. The molecule has 1 saturated carbocycles. The number of rotatable bonds is 4. The lowest BCUT2D eigenvalue weighted by molar-refractivity contribution is 0.0933. The minimum Gasteiger partial charge on any atom is -0.349 e. The molecule has 2 aromatic carbocycles. The third-order valence-electron chi connectivity index (χ3n) is 5.55. The first kappa shape index (κ1) is 17.8. The second-order valence-corrected chi connectivity index (χ2v) is 7.72. The van der Waals surface area contributed by atoms with Crippen molar-refractivity contribution in [3.63, 3.8) is 0 Å². The molecule has 0 bridgehead atoms. The minimum absolute atomic E-state index is 0.0342. The van der Waals surface area contributed by atoms with Gasteiger partial charge in [0.1, 0.15) is 0 Å². The Labute approximate surface area is 160 Å². The maximum absolute atomic E-state index is 12.8. The highest BCUT2D eigenvalue weighted by molar-refractivity contribution is 5.98. The van der Waals surface area contributed by atoms with E-state index >= 15 is 0 Å². The molecule has 1 amide bonds. The number of hydrogen-bond acceptors (Lipinski definition) is 2. The normalized spacial score (nSPS) is 15.6. The standard InChI is InChI=1S/C23H27N3O/c1-17-8-10-18(11-9-17)16-26-22-14-19(12-13-20(22)15-24-26)23(27)25-21-6-4-2-3-5-7-21/h8-15,21H,2-7,16H2,1H3,(H,25,27). The van der Waals surface area contributed by atoms with E-state index < -0.39 is 0 Å². The third kappa shape index (κ3) is 4.21. The molecule has 4 nitrogen and oxygen atoms in total. The van der Waals surface area contributed by atoms with Gasteiger partial charge in [-0.1, -0.05) is 61.6 Å². The zero-order valence-corrected chi connectivity index (χ0v) is 15.9. The zero-order chi connectivity index (χ0) is 18.6. The van der Waals surface area contributed by atoms with Crippen molar-refractivity contribution in [1.29, 1.82) is 0 Å². The average Bonchev–Trinajstić information content (AvgIpc) is 2.89. The summed E-state index contributed by atoms with van der Waals surface area (Å²) in [5.41, 5.74) is 4.18. The average molecular weight is 361 g/mol. The van der Waals surface area contributed by atoms with E-state index in [2.05, 4.69) is 41.6 Å². The van der Waals surface area contributed by atoms with Gasteiger partial charge >= 0.3 is 0 Å². The maximum Gasteiger partial charge on any atom is 0.251 e. The first-order valence-electron chi connectivity index (χ1n) is 10.0. The number of carbonyl (C=O) groups excluding carboxylic acids is 1. The highest BCUT2D eigenvalue weighted by Gasteiger charge is 2.16. The predicted octanol–water partition coefficient (Wildman–Crippen LogP) is 4.85. The molecule has 1 aromatic heterocycles. The first-order valence-corrected chi connectivity index (χ1v) is 10.0. The van der Waals surface area contributed by atoms with E-state index in [4.69, 9.17) is 0 Å². The summed E-state index contributed by atoms with van der Waals surface area (Å²) in [5, 5.41) is 8.83. The van der Waals surface area contributed by atoms with Crippen molar-refractivity contribution in [2.24, 2.45) is 0 Å². The number of nitrogens with one attached hydrogen (secondary N) is 1. The summed E-state index contributed by atoms with van der Waals surface area (Å²) in [4.78, 5) is 12.8. The molecule has 1 heterocycles. The molecule has 140 valence electrons. The number of benzene rings is 2. The van der Waals surface area contributed by atoms with Crippen molar-refractivity contribution < 1.29 is 4.79 Å². The van der Waals surface area contributed by atoms with E-state index in [-0.39, 0.29) is 5.91 Å². The Bertz CT molecular complexity index is 918. The van der Waals surface area contributed by atoms with Crippen molar-refractivity contribution in [2.45, 2.75) is 58.0 Å². The zero-order valence-electron chi connectivity index (χ0n) is 15.9. The van der Waals surface area contributed by atoms with Crippen LogP contribution in [-0.4, -0.2) is 21.7 Å². The van der Waals surface area contributed by atoms with Crippen LogP contribution in [0.3, 0.4) is 0 Å². The first-order chi connectivity index (χ1) is 13.2. The summed E-state index contributed by atoms with van der Waals surface area (Å²) >= 11 is 0. The number of aromatic nitrogens is 2. The van der Waals surface area contributed by atoms with E-state index in [0.717, 1.165) is 29.3 Å². The van der Waals surface area contributed by atoms with Crippen LogP contribution in [0, 0.1) is 6.92 Å². The van der Waals surface area contributed by atoms with Crippen LogP contribution in [0.4, 0.5) is 0 Å². The fourth-order valence-electron chi connectivity index (χ4n) is 3.90. The van der Waals surface area contributed by atoms with E-state index in [9.17, 15) is 4.79 Å². The summed E-state index contributed by atoms with van der Waals surface area (Å²) in [7, 11) is 0. The number of carbonyl (C=O) groups is 1. The lowest BCUT2D eigenvalue weighted by Gasteiger charge is -2.16. The summed E-state index contributed by atoms with van der Waals surface area (Å²) in [6, 6.07) is 14.7. The fourth-order valence-corrected chi connectivity index (χ4v) is 3.90. The summed E-state index contributed by atoms with van der Waals surface area (Å²) in [6.07, 6.45) is 9.07. The SMILES string of the molecule is Cc1ccc(Cn2ncc3ccc(C(=O)NC4CCCCCC4)cc32)cc1. The Balaban J connectivity index is 1.53. The van der Waals surface area contributed by atoms with Crippen LogP contribution in [0.1, 0.15) is 60.0 Å². The fraction of sp³-hybridized carbons (Fsp3) is 0.391. The molecule has 27 heavy (non-hydrogen) atoms. The van der Waals surface area contributed by atoms with Gasteiger partial charge in [0, 0.05) is 17.0 Å². The van der Waals surface area contributed by atoms with Crippen LogP contribution in [0.15, 0.2) is 48.7 Å². The van der Waals surface area contributed by atoms with E-state index in [1.54, 1.807) is 0 Å². The number of hydrogen-bond donors (Lipinski definition) is 1. The highest BCUT2D eigenvalue weighted by Crippen LogP contribution is 2.20. The van der Waals surface area contributed by atoms with Crippen LogP contribution >= 0.6 is 0 Å². The Morgan fingerprint density at radius 3 is 2.56 bits per heavy atom. The molecule has 3 aromatic rings. The maximum atomic E-state index is 12.8. The van der Waals surface area contributed by atoms with Gasteiger partial charge in [0.15, 0.2) is 0 Å². The largest absolute Gasteiger partial charge is 0.349 e. The van der Waals surface area contributed by atoms with Crippen LogP contribution in [0.25, 0.3) is 10.9 Å². The Kier molecular flexibility index (Phi) is 5.23. The van der Waals surface area contributed by atoms with Gasteiger partial charge < -0.3 is 5.32 Å². The van der Waals surface area contributed by atoms with Crippen molar-refractivity contribution in [3.05, 3.63) is 65.4 Å². The van der Waals surface area contributed by atoms with Gasteiger partial charge in [0.2, 0.25) is 0 Å². The highest BCUT2D eigenvalue weighted by atomic mass is 16.1. The molecule has 0 unspecified atom stereocenters. The summed E-state index contributed by atoms with van der Waals surface area (Å²) < 4.78 is 1.97. The number of nitrogens with zero attached hydrogens (tertiary/aromatic N) is 2. The van der Waals surface area contributed by atoms with E-state index in [0.29, 0.717) is 12.6 Å². The van der Waals surface area contributed by atoms with Crippen LogP contribution in [-0.2, 0) is 6.54 Å². The molecule has 0 atom stereocenters. The second-order valence-electron chi connectivity index (χ2n) is 7.72. The van der Waals surface area contributed by atoms with Crippen molar-refractivity contribution in [2.75, 3.05) is 0 Å². The number of fused-ring (bicyclic) bond motifs is 1. The monoisotopic (exact) mass is 361 g/mol. The molecule has 1 fully saturated rings. The van der Waals surface area contributed by atoms with E-state index in [1.807, 2.05) is 29.1 Å². The van der Waals surface area contributed by atoms with Crippen molar-refractivity contribution in [3.8, 4) is 0 Å². The molecule has 0 radical (unpaired) electrons. The quantitative estimate of drug-likeness (QED) is 0.676. The topological polar surface area (TPSA) is 46.9 Å². The van der Waals surface area contributed by atoms with Crippen LogP contribution in [0.2, 0.25) is 0 Å². The lowest BCUT2D eigenvalue weighted by atomic mass is 10.1. The summed E-state index contributed by atoms with van der Waals surface area (Å²) in [6.45, 7) is 2.80.